The van der Waals surface area contributed by atoms with Crippen molar-refractivity contribution in [3.05, 3.63) is 18.2 Å². The highest BCUT2D eigenvalue weighted by Crippen LogP contribution is 1.89. The number of carboxylic acids is 1. The number of aryl methyl sites for hydroxylation is 2. The third kappa shape index (κ3) is 4.60. The monoisotopic (exact) mass is 214 g/mol. The number of rotatable bonds is 2. The van der Waals surface area contributed by atoms with E-state index in [0.717, 1.165) is 13.5 Å². The van der Waals surface area contributed by atoms with Crippen molar-refractivity contribution in [3.8, 4) is 0 Å². The molecule has 86 valence electrons. The van der Waals surface area contributed by atoms with Gasteiger partial charge in [0.2, 0.25) is 0 Å². The summed E-state index contributed by atoms with van der Waals surface area (Å²) in [5, 5.41) is 17.3. The second-order valence-electron chi connectivity index (χ2n) is 3.24. The van der Waals surface area contributed by atoms with Crippen LogP contribution in [0.25, 0.3) is 0 Å². The van der Waals surface area contributed by atoms with Gasteiger partial charge in [-0.1, -0.05) is 0 Å². The fourth-order valence-electron chi connectivity index (χ4n) is 0.933. The second-order valence-corrected chi connectivity index (χ2v) is 3.24. The first-order valence-electron chi connectivity index (χ1n) is 4.80. The molecule has 0 spiro atoms. The Bertz CT molecular complexity index is 318. The van der Waals surface area contributed by atoms with Crippen LogP contribution in [0.5, 0.6) is 0 Å². The van der Waals surface area contributed by atoms with Crippen LogP contribution in [0.3, 0.4) is 0 Å². The minimum atomic E-state index is -1.44. The van der Waals surface area contributed by atoms with Crippen LogP contribution < -0.4 is 9.67 Å². The lowest BCUT2D eigenvalue weighted by molar-refractivity contribution is -0.677. The molecular weight excluding hydrogens is 196 g/mol. The number of nitrogens with zero attached hydrogens (tertiary/aromatic N) is 2. The van der Waals surface area contributed by atoms with Crippen LogP contribution in [0.4, 0.5) is 0 Å². The predicted octanol–water partition coefficient (Wildman–Crippen LogP) is -1.24. The molecule has 1 aromatic rings. The molecule has 1 atom stereocenters. The van der Waals surface area contributed by atoms with Crippen LogP contribution in [0.15, 0.2) is 12.4 Å². The van der Waals surface area contributed by atoms with Crippen molar-refractivity contribution in [1.29, 1.82) is 0 Å². The molecule has 5 nitrogen and oxygen atoms in total. The number of aromatic nitrogens is 2. The molecule has 0 fully saturated rings. The van der Waals surface area contributed by atoms with Gasteiger partial charge in [-0.3, -0.25) is 0 Å². The van der Waals surface area contributed by atoms with Crippen molar-refractivity contribution in [3.63, 3.8) is 0 Å². The van der Waals surface area contributed by atoms with Gasteiger partial charge < -0.3 is 15.0 Å². The highest BCUT2D eigenvalue weighted by Gasteiger charge is 2.03. The van der Waals surface area contributed by atoms with E-state index in [4.69, 9.17) is 5.11 Å². The van der Waals surface area contributed by atoms with Gasteiger partial charge in [-0.2, -0.15) is 0 Å². The summed E-state index contributed by atoms with van der Waals surface area (Å²) in [6.07, 6.45) is 2.82. The van der Waals surface area contributed by atoms with Gasteiger partial charge in [0.25, 0.3) is 5.82 Å². The van der Waals surface area contributed by atoms with Crippen LogP contribution in [-0.2, 0) is 18.4 Å². The Balaban J connectivity index is 0.000000288. The number of aliphatic hydroxyl groups excluding tert-OH is 1. The molecule has 1 aromatic heterocycles. The second kappa shape index (κ2) is 6.19. The van der Waals surface area contributed by atoms with Crippen molar-refractivity contribution in [2.45, 2.75) is 33.4 Å². The third-order valence-corrected chi connectivity index (χ3v) is 2.08. The van der Waals surface area contributed by atoms with Gasteiger partial charge in [-0.05, 0) is 13.8 Å². The minimum Gasteiger partial charge on any atom is -0.547 e. The lowest BCUT2D eigenvalue weighted by atomic mass is 10.4. The van der Waals surface area contributed by atoms with Crippen LogP contribution in [0, 0.1) is 6.92 Å². The van der Waals surface area contributed by atoms with Gasteiger partial charge in [-0.25, -0.2) is 9.13 Å². The minimum absolute atomic E-state index is 1.06. The summed E-state index contributed by atoms with van der Waals surface area (Å²) in [5.74, 6) is -0.132. The van der Waals surface area contributed by atoms with E-state index < -0.39 is 12.1 Å². The Morgan fingerprint density at radius 2 is 2.20 bits per heavy atom. The maximum absolute atomic E-state index is 9.34. The van der Waals surface area contributed by atoms with Crippen LogP contribution >= 0.6 is 0 Å². The molecular formula is C10H18N2O3. The van der Waals surface area contributed by atoms with E-state index >= 15 is 0 Å². The lowest BCUT2D eigenvalue weighted by Gasteiger charge is -2.00. The standard InChI is InChI=1S/C7H13N2.C3H6O3/c1-4-9-6-5-8(3)7(9)2;1-2(4)3(5)6/h5-6H,4H2,1-3H3;2,4H,1H3,(H,5,6)/q+1;/p-1. The highest BCUT2D eigenvalue weighted by atomic mass is 16.4. The third-order valence-electron chi connectivity index (χ3n) is 2.08. The Labute approximate surface area is 89.6 Å². The number of carbonyl (C=O) groups is 1. The van der Waals surface area contributed by atoms with Crippen molar-refractivity contribution < 1.29 is 19.6 Å². The van der Waals surface area contributed by atoms with Gasteiger partial charge in [-0.15, -0.1) is 0 Å². The Morgan fingerprint density at radius 1 is 1.73 bits per heavy atom. The number of aliphatic hydroxyl groups is 1. The molecule has 1 unspecified atom stereocenters. The number of carbonyl (C=O) groups excluding carboxylic acids is 1. The molecule has 0 radical (unpaired) electrons. The average molecular weight is 214 g/mol. The van der Waals surface area contributed by atoms with Crippen molar-refractivity contribution >= 4 is 5.97 Å². The molecule has 0 bridgehead atoms. The van der Waals surface area contributed by atoms with E-state index in [1.165, 1.54) is 5.82 Å². The summed E-state index contributed by atoms with van der Waals surface area (Å²) in [6.45, 7) is 6.46. The van der Waals surface area contributed by atoms with Gasteiger partial charge in [0.15, 0.2) is 0 Å². The highest BCUT2D eigenvalue weighted by molar-refractivity contribution is 5.68. The topological polar surface area (TPSA) is 69.2 Å². The van der Waals surface area contributed by atoms with Gasteiger partial charge in [0.05, 0.1) is 25.7 Å². The molecule has 0 aliphatic heterocycles. The number of imidazole rings is 1. The largest absolute Gasteiger partial charge is 0.547 e. The first-order chi connectivity index (χ1) is 6.90. The lowest BCUT2D eigenvalue weighted by Crippen LogP contribution is -2.32. The zero-order valence-electron chi connectivity index (χ0n) is 9.60. The van der Waals surface area contributed by atoms with E-state index in [1.54, 1.807) is 0 Å². The van der Waals surface area contributed by atoms with Gasteiger partial charge >= 0.3 is 0 Å². The SMILES string of the molecule is CC(O)C(=O)[O-].CCn1cc[n+](C)c1C. The molecule has 0 saturated heterocycles. The summed E-state index contributed by atoms with van der Waals surface area (Å²) in [4.78, 5) is 9.34. The fraction of sp³-hybridized carbons (Fsp3) is 0.600. The van der Waals surface area contributed by atoms with Crippen molar-refractivity contribution in [2.75, 3.05) is 0 Å². The normalized spacial score (nSPS) is 11.5. The zero-order valence-corrected chi connectivity index (χ0v) is 9.60. The van der Waals surface area contributed by atoms with Crippen molar-refractivity contribution in [2.24, 2.45) is 7.05 Å². The maximum Gasteiger partial charge on any atom is 0.252 e. The molecule has 0 amide bonds. The quantitative estimate of drug-likeness (QED) is 0.626. The molecule has 5 heteroatoms. The summed E-state index contributed by atoms with van der Waals surface area (Å²) in [5.41, 5.74) is 0. The number of hydrogen-bond acceptors (Lipinski definition) is 3. The number of hydrogen-bond donors (Lipinski definition) is 1. The van der Waals surface area contributed by atoms with Crippen LogP contribution in [0.2, 0.25) is 0 Å². The number of aliphatic carboxylic acids is 1. The summed E-state index contributed by atoms with van der Waals surface area (Å²) < 4.78 is 4.32. The molecule has 0 aromatic carbocycles. The van der Waals surface area contributed by atoms with E-state index in [1.807, 2.05) is 0 Å². The molecule has 15 heavy (non-hydrogen) atoms. The van der Waals surface area contributed by atoms with Gasteiger partial charge in [0, 0.05) is 6.92 Å². The predicted molar refractivity (Wildman–Crippen MR) is 52.7 cm³/mol. The molecule has 1 heterocycles. The summed E-state index contributed by atoms with van der Waals surface area (Å²) >= 11 is 0. The summed E-state index contributed by atoms with van der Waals surface area (Å²) in [7, 11) is 2.06. The molecule has 0 aliphatic carbocycles. The molecule has 0 aliphatic rings. The summed E-state index contributed by atoms with van der Waals surface area (Å²) in [6, 6.07) is 0. The Kier molecular flexibility index (Phi) is 5.62. The van der Waals surface area contributed by atoms with E-state index in [-0.39, 0.29) is 0 Å². The fourth-order valence-corrected chi connectivity index (χ4v) is 0.933. The first kappa shape index (κ1) is 13.6. The van der Waals surface area contributed by atoms with Crippen molar-refractivity contribution in [1.82, 2.24) is 4.57 Å². The van der Waals surface area contributed by atoms with Crippen LogP contribution in [0.1, 0.15) is 19.7 Å². The number of carboxylic acid groups (broad SMARTS) is 1. The average Bonchev–Trinajstić information content (AvgIpc) is 2.48. The maximum atomic E-state index is 9.34. The van der Waals surface area contributed by atoms with E-state index in [2.05, 4.69) is 42.4 Å². The molecule has 1 N–H and O–H groups in total. The first-order valence-corrected chi connectivity index (χ1v) is 4.80. The van der Waals surface area contributed by atoms with Gasteiger partial charge in [0.1, 0.15) is 12.4 Å². The van der Waals surface area contributed by atoms with Crippen LogP contribution in [-0.4, -0.2) is 21.7 Å². The Hall–Kier alpha value is -1.36. The smallest absolute Gasteiger partial charge is 0.252 e. The van der Waals surface area contributed by atoms with E-state index in [0.29, 0.717) is 0 Å². The molecule has 1 rings (SSSR count). The zero-order chi connectivity index (χ0) is 12.0. The molecule has 0 saturated carbocycles. The Morgan fingerprint density at radius 3 is 2.33 bits per heavy atom. The van der Waals surface area contributed by atoms with E-state index in [9.17, 15) is 9.90 Å².